The summed E-state index contributed by atoms with van der Waals surface area (Å²) < 4.78 is 46.2. The van der Waals surface area contributed by atoms with Gasteiger partial charge in [-0.05, 0) is 112 Å². The molecule has 16 heteroatoms. The minimum Gasteiger partial charge on any atom is -0.504 e. The average Bonchev–Trinajstić information content (AvgIpc) is 4.20. The third-order valence-electron chi connectivity index (χ3n) is 16.4. The lowest BCUT2D eigenvalue weighted by Crippen LogP contribution is -2.75. The van der Waals surface area contributed by atoms with Gasteiger partial charge in [-0.15, -0.1) is 0 Å². The fourth-order valence-electron chi connectivity index (χ4n) is 13.3. The first kappa shape index (κ1) is 40.9. The maximum absolute atomic E-state index is 13.0. The van der Waals surface area contributed by atoms with Crippen molar-refractivity contribution in [2.24, 2.45) is 11.8 Å². The van der Waals surface area contributed by atoms with Gasteiger partial charge in [0.15, 0.2) is 35.2 Å². The SMILES string of the molecule is O=C(OCCOCCOCCOC(=O)OC1=CC[C@@]2(O)[C@H]3Cc4ccc(O)c5c4[C@@]2(CCN3CC2CC2)[C@H]1O5)OC1=CC[C@@]2(O)[C@H]3Cc4ccc(O)c5c4[C@@]2(CCN3CC2CC2)[C@H]1O5. The van der Waals surface area contributed by atoms with Crippen LogP contribution in [0.2, 0.25) is 0 Å². The largest absolute Gasteiger partial charge is 0.513 e. The number of benzene rings is 2. The van der Waals surface area contributed by atoms with Crippen molar-refractivity contribution in [3.05, 3.63) is 70.2 Å². The smallest absolute Gasteiger partial charge is 0.504 e. The fourth-order valence-corrected chi connectivity index (χ4v) is 13.3. The van der Waals surface area contributed by atoms with E-state index in [1.807, 2.05) is 12.1 Å². The molecule has 2 saturated carbocycles. The first-order valence-electron chi connectivity index (χ1n) is 23.3. The van der Waals surface area contributed by atoms with Crippen molar-refractivity contribution in [3.63, 3.8) is 0 Å². The van der Waals surface area contributed by atoms with Crippen LogP contribution in [0.15, 0.2) is 47.9 Å². The Morgan fingerprint density at radius 1 is 0.625 bits per heavy atom. The highest BCUT2D eigenvalue weighted by atomic mass is 16.7. The van der Waals surface area contributed by atoms with Gasteiger partial charge in [0.2, 0.25) is 0 Å². The number of hydrogen-bond acceptors (Lipinski definition) is 16. The molecule has 16 nitrogen and oxygen atoms in total. The van der Waals surface area contributed by atoms with Gasteiger partial charge in [-0.1, -0.05) is 12.1 Å². The maximum Gasteiger partial charge on any atom is 0.513 e. The number of phenols is 2. The Hall–Kier alpha value is -4.58. The number of piperidine rings is 2. The van der Waals surface area contributed by atoms with Crippen LogP contribution in [0.5, 0.6) is 23.0 Å². The summed E-state index contributed by atoms with van der Waals surface area (Å²) in [5, 5.41) is 46.8. The molecule has 4 fully saturated rings. The van der Waals surface area contributed by atoms with Gasteiger partial charge in [-0.25, -0.2) is 9.59 Å². The predicted octanol–water partition coefficient (Wildman–Crippen LogP) is 4.25. The number of aromatic hydroxyl groups is 2. The van der Waals surface area contributed by atoms with Crippen LogP contribution < -0.4 is 9.47 Å². The third-order valence-corrected chi connectivity index (χ3v) is 16.4. The van der Waals surface area contributed by atoms with Gasteiger partial charge in [-0.3, -0.25) is 9.80 Å². The Morgan fingerprint density at radius 3 is 1.47 bits per heavy atom. The van der Waals surface area contributed by atoms with Crippen molar-refractivity contribution in [2.75, 3.05) is 65.8 Å². The molecule has 64 heavy (non-hydrogen) atoms. The molecule has 4 aliphatic heterocycles. The van der Waals surface area contributed by atoms with Crippen LogP contribution in [0.4, 0.5) is 9.59 Å². The number of carbonyl (C=O) groups is 2. The molecule has 0 radical (unpaired) electrons. The molecule has 4 heterocycles. The quantitative estimate of drug-likeness (QED) is 0.146. The van der Waals surface area contributed by atoms with Crippen molar-refractivity contribution >= 4 is 12.3 Å². The van der Waals surface area contributed by atoms with E-state index in [-0.39, 0.29) is 87.6 Å². The molecule has 0 aromatic heterocycles. The van der Waals surface area contributed by atoms with E-state index in [9.17, 15) is 30.0 Å². The normalized spacial score (nSPS) is 34.7. The van der Waals surface area contributed by atoms with Crippen LogP contribution in [0, 0.1) is 11.8 Å². The zero-order chi connectivity index (χ0) is 43.6. The van der Waals surface area contributed by atoms with Crippen molar-refractivity contribution < 1.29 is 67.9 Å². The van der Waals surface area contributed by atoms with E-state index in [2.05, 4.69) is 9.80 Å². The molecule has 2 saturated heterocycles. The summed E-state index contributed by atoms with van der Waals surface area (Å²) in [5.74, 6) is 2.61. The highest BCUT2D eigenvalue weighted by Crippen LogP contribution is 2.67. The minimum atomic E-state index is -1.15. The maximum atomic E-state index is 13.0. The van der Waals surface area contributed by atoms with E-state index in [1.54, 1.807) is 24.3 Å². The Morgan fingerprint density at radius 2 is 1.05 bits per heavy atom. The number of aliphatic hydroxyl groups is 2. The number of nitrogens with zero attached hydrogens (tertiary/aromatic N) is 2. The van der Waals surface area contributed by atoms with Crippen molar-refractivity contribution in [1.82, 2.24) is 9.80 Å². The van der Waals surface area contributed by atoms with Crippen LogP contribution >= 0.6 is 0 Å². The van der Waals surface area contributed by atoms with Gasteiger partial charge < -0.3 is 58.3 Å². The summed E-state index contributed by atoms with van der Waals surface area (Å²) in [6.45, 7) is 3.89. The minimum absolute atomic E-state index is 0.00665. The molecule has 6 aliphatic carbocycles. The van der Waals surface area contributed by atoms with Gasteiger partial charge in [0.25, 0.3) is 0 Å². The van der Waals surface area contributed by atoms with Gasteiger partial charge in [0, 0.05) is 49.1 Å². The molecule has 2 aromatic carbocycles. The second-order valence-corrected chi connectivity index (χ2v) is 19.7. The summed E-state index contributed by atoms with van der Waals surface area (Å²) in [7, 11) is 0. The van der Waals surface area contributed by atoms with Gasteiger partial charge in [-0.2, -0.15) is 0 Å². The molecule has 342 valence electrons. The lowest BCUT2D eigenvalue weighted by Gasteiger charge is -2.62. The number of ether oxygens (including phenoxy) is 8. The third kappa shape index (κ3) is 6.01. The first-order valence-corrected chi connectivity index (χ1v) is 23.3. The summed E-state index contributed by atoms with van der Waals surface area (Å²) in [5.41, 5.74) is -0.253. The Labute approximate surface area is 370 Å². The molecule has 2 spiro atoms. The Kier molecular flexibility index (Phi) is 9.57. The van der Waals surface area contributed by atoms with Crippen LogP contribution in [0.1, 0.15) is 73.6 Å². The van der Waals surface area contributed by atoms with Crippen LogP contribution in [0.3, 0.4) is 0 Å². The summed E-state index contributed by atoms with van der Waals surface area (Å²) >= 11 is 0. The monoisotopic (exact) mass is 884 g/mol. The number of carbonyl (C=O) groups excluding carboxylic acids is 2. The van der Waals surface area contributed by atoms with E-state index in [1.165, 1.54) is 25.7 Å². The second-order valence-electron chi connectivity index (χ2n) is 19.7. The second kappa shape index (κ2) is 15.0. The average molecular weight is 885 g/mol. The lowest BCUT2D eigenvalue weighted by molar-refractivity contribution is -0.169. The molecule has 10 aliphatic rings. The summed E-state index contributed by atoms with van der Waals surface area (Å²) in [4.78, 5) is 30.8. The molecular formula is C48H56N2O14. The van der Waals surface area contributed by atoms with Gasteiger partial charge >= 0.3 is 12.3 Å². The molecule has 4 N–H and O–H groups in total. The van der Waals surface area contributed by atoms with E-state index < -0.39 is 46.6 Å². The number of rotatable bonds is 15. The Balaban J connectivity index is 0.590. The number of hydrogen-bond donors (Lipinski definition) is 4. The lowest BCUT2D eigenvalue weighted by atomic mass is 9.50. The molecule has 2 aromatic rings. The first-order chi connectivity index (χ1) is 31.0. The van der Waals surface area contributed by atoms with E-state index in [4.69, 9.17) is 37.9 Å². The summed E-state index contributed by atoms with van der Waals surface area (Å²) in [6.07, 6.45) is 8.06. The van der Waals surface area contributed by atoms with E-state index in [0.717, 1.165) is 48.4 Å². The highest BCUT2D eigenvalue weighted by molar-refractivity contribution is 5.68. The molecule has 12 rings (SSSR count). The van der Waals surface area contributed by atoms with Gasteiger partial charge in [0.1, 0.15) is 24.7 Å². The van der Waals surface area contributed by atoms with E-state index in [0.29, 0.717) is 49.0 Å². The van der Waals surface area contributed by atoms with Crippen LogP contribution in [-0.2, 0) is 52.1 Å². The number of likely N-dealkylation sites (tertiary alicyclic amines) is 2. The zero-order valence-electron chi connectivity index (χ0n) is 35.8. The van der Waals surface area contributed by atoms with Gasteiger partial charge in [0.05, 0.1) is 48.5 Å². The topological polar surface area (TPSA) is 195 Å². The predicted molar refractivity (Wildman–Crippen MR) is 223 cm³/mol. The molecule has 0 amide bonds. The summed E-state index contributed by atoms with van der Waals surface area (Å²) in [6, 6.07) is 6.93. The van der Waals surface area contributed by atoms with E-state index >= 15 is 0 Å². The highest BCUT2D eigenvalue weighted by Gasteiger charge is 2.74. The standard InChI is InChI=1S/C48H56N2O14/c51-31-7-5-29-23-35-47(55)11-9-33(41-45(47,37(29)39(31)63-41)13-15-49(35)25-27-1-2-27)61-43(53)59-21-19-57-17-18-58-20-22-60-44(54)62-34-10-12-48(56)36-24-30-6-8-32(52)40-38(30)46(48,42(34)64-40)14-16-50(36)26-28-3-4-28/h5-10,27-28,35-36,41-42,51-52,55-56H,1-4,11-26H2/t35-,36-,41+,42+,45+,46+,47-,48-/m1/s1. The molecule has 8 atom stereocenters. The van der Waals surface area contributed by atoms with Crippen LogP contribution in [-0.4, -0.2) is 144 Å². The Bertz CT molecular complexity index is 2170. The molecule has 0 unspecified atom stereocenters. The van der Waals surface area contributed by atoms with Crippen LogP contribution in [0.25, 0.3) is 0 Å². The van der Waals surface area contributed by atoms with Crippen molar-refractivity contribution in [1.29, 1.82) is 0 Å². The fraction of sp³-hybridized carbons (Fsp3) is 0.625. The van der Waals surface area contributed by atoms with Crippen molar-refractivity contribution in [3.8, 4) is 23.0 Å². The number of phenolic OH excluding ortho intramolecular Hbond substituents is 2. The molecular weight excluding hydrogens is 829 g/mol. The molecule has 4 bridgehead atoms. The zero-order valence-corrected chi connectivity index (χ0v) is 35.8. The van der Waals surface area contributed by atoms with Crippen molar-refractivity contribution in [2.45, 2.75) is 111 Å².